The van der Waals surface area contributed by atoms with E-state index in [0.717, 1.165) is 10.6 Å². The van der Waals surface area contributed by atoms with Gasteiger partial charge in [0.05, 0.1) is 15.1 Å². The topological polar surface area (TPSA) is 50.2 Å². The van der Waals surface area contributed by atoms with Crippen LogP contribution in [0.5, 0.6) is 0 Å². The lowest BCUT2D eigenvalue weighted by Gasteiger charge is -2.00. The molecule has 0 aliphatic carbocycles. The fraction of sp³-hybridized carbons (Fsp3) is 0.0909. The van der Waals surface area contributed by atoms with Crippen LogP contribution in [0.2, 0.25) is 10.0 Å². The summed E-state index contributed by atoms with van der Waals surface area (Å²) < 4.78 is 0. The molecule has 1 heterocycles. The molecule has 17 heavy (non-hydrogen) atoms. The second-order valence-corrected chi connectivity index (χ2v) is 5.11. The third kappa shape index (κ3) is 2.97. The molecule has 0 aliphatic heterocycles. The number of carboxylic acid groups (broad SMARTS) is 1. The predicted molar refractivity (Wildman–Crippen MR) is 68.3 cm³/mol. The number of thiazole rings is 1. The molecule has 0 radical (unpaired) electrons. The van der Waals surface area contributed by atoms with E-state index in [2.05, 4.69) is 4.98 Å². The first-order chi connectivity index (χ1) is 8.06. The second-order valence-electron chi connectivity index (χ2n) is 3.36. The predicted octanol–water partition coefficient (Wildman–Crippen LogP) is 3.74. The number of aromatic nitrogens is 1. The van der Waals surface area contributed by atoms with Crippen molar-refractivity contribution in [3.63, 3.8) is 0 Å². The van der Waals surface area contributed by atoms with Crippen LogP contribution >= 0.6 is 34.5 Å². The van der Waals surface area contributed by atoms with Crippen LogP contribution in [0, 0.1) is 0 Å². The van der Waals surface area contributed by atoms with Crippen molar-refractivity contribution in [2.45, 2.75) is 6.42 Å². The fourth-order valence-electron chi connectivity index (χ4n) is 1.31. The van der Waals surface area contributed by atoms with E-state index in [1.165, 1.54) is 16.7 Å². The third-order valence-electron chi connectivity index (χ3n) is 2.11. The number of hydrogen-bond donors (Lipinski definition) is 1. The Morgan fingerprint density at radius 1 is 1.35 bits per heavy atom. The number of nitrogens with zero attached hydrogens (tertiary/aromatic N) is 1. The lowest BCUT2D eigenvalue weighted by Crippen LogP contribution is -1.97. The molecule has 6 heteroatoms. The van der Waals surface area contributed by atoms with Crippen LogP contribution in [0.25, 0.3) is 0 Å². The number of rotatable bonds is 3. The van der Waals surface area contributed by atoms with Crippen molar-refractivity contribution in [3.8, 4) is 0 Å². The zero-order valence-corrected chi connectivity index (χ0v) is 10.8. The van der Waals surface area contributed by atoms with Gasteiger partial charge in [-0.2, -0.15) is 0 Å². The Morgan fingerprint density at radius 3 is 2.71 bits per heavy atom. The van der Waals surface area contributed by atoms with Crippen LogP contribution in [0.3, 0.4) is 0 Å². The van der Waals surface area contributed by atoms with Gasteiger partial charge in [0.1, 0.15) is 0 Å². The number of halogens is 2. The summed E-state index contributed by atoms with van der Waals surface area (Å²) in [6, 6.07) is 5.31. The highest BCUT2D eigenvalue weighted by Gasteiger charge is 2.09. The highest BCUT2D eigenvalue weighted by Crippen LogP contribution is 2.24. The molecular weight excluding hydrogens is 281 g/mol. The van der Waals surface area contributed by atoms with Gasteiger partial charge in [-0.05, 0) is 17.7 Å². The first kappa shape index (κ1) is 12.4. The smallest absolute Gasteiger partial charge is 0.355 e. The van der Waals surface area contributed by atoms with Gasteiger partial charge in [-0.25, -0.2) is 9.78 Å². The Bertz CT molecular complexity index is 568. The molecule has 0 amide bonds. The number of hydrogen-bond acceptors (Lipinski definition) is 3. The first-order valence-electron chi connectivity index (χ1n) is 4.68. The van der Waals surface area contributed by atoms with Gasteiger partial charge in [0.15, 0.2) is 5.69 Å². The molecular formula is C11H7Cl2NO2S. The monoisotopic (exact) mass is 287 g/mol. The molecule has 2 aromatic rings. The van der Waals surface area contributed by atoms with E-state index in [-0.39, 0.29) is 5.69 Å². The van der Waals surface area contributed by atoms with Gasteiger partial charge in [-0.3, -0.25) is 0 Å². The molecule has 2 rings (SSSR count). The normalized spacial score (nSPS) is 10.5. The Labute approximate surface area is 112 Å². The zero-order chi connectivity index (χ0) is 12.4. The van der Waals surface area contributed by atoms with Crippen LogP contribution in [0.15, 0.2) is 23.6 Å². The van der Waals surface area contributed by atoms with Crippen LogP contribution in [-0.4, -0.2) is 16.1 Å². The lowest BCUT2D eigenvalue weighted by molar-refractivity contribution is 0.0691. The van der Waals surface area contributed by atoms with E-state index in [0.29, 0.717) is 16.5 Å². The molecule has 0 atom stereocenters. The van der Waals surface area contributed by atoms with Crippen LogP contribution in [0.4, 0.5) is 0 Å². The lowest BCUT2D eigenvalue weighted by atomic mass is 10.2. The van der Waals surface area contributed by atoms with Crippen molar-refractivity contribution in [1.29, 1.82) is 0 Å². The van der Waals surface area contributed by atoms with Crippen LogP contribution in [-0.2, 0) is 6.42 Å². The fourth-order valence-corrected chi connectivity index (χ4v) is 2.44. The summed E-state index contributed by atoms with van der Waals surface area (Å²) in [6.07, 6.45) is 0.550. The number of carboxylic acids is 1. The van der Waals surface area contributed by atoms with Crippen molar-refractivity contribution in [3.05, 3.63) is 49.9 Å². The molecule has 0 unspecified atom stereocenters. The Kier molecular flexibility index (Phi) is 3.66. The Hall–Kier alpha value is -1.10. The van der Waals surface area contributed by atoms with Gasteiger partial charge in [-0.15, -0.1) is 11.3 Å². The van der Waals surface area contributed by atoms with Gasteiger partial charge in [0.25, 0.3) is 0 Å². The summed E-state index contributed by atoms with van der Waals surface area (Å²) in [6.45, 7) is 0. The number of benzene rings is 1. The summed E-state index contributed by atoms with van der Waals surface area (Å²) in [4.78, 5) is 14.7. The minimum Gasteiger partial charge on any atom is -0.476 e. The van der Waals surface area contributed by atoms with E-state index in [1.807, 2.05) is 6.07 Å². The van der Waals surface area contributed by atoms with Crippen molar-refractivity contribution < 1.29 is 9.90 Å². The summed E-state index contributed by atoms with van der Waals surface area (Å²) in [5.41, 5.74) is 1.02. The number of carbonyl (C=O) groups is 1. The quantitative estimate of drug-likeness (QED) is 0.936. The highest BCUT2D eigenvalue weighted by atomic mass is 35.5. The van der Waals surface area contributed by atoms with E-state index in [1.54, 1.807) is 12.1 Å². The van der Waals surface area contributed by atoms with Gasteiger partial charge in [0.2, 0.25) is 0 Å². The highest BCUT2D eigenvalue weighted by molar-refractivity contribution is 7.09. The van der Waals surface area contributed by atoms with Gasteiger partial charge in [0, 0.05) is 11.8 Å². The molecule has 0 aliphatic rings. The second kappa shape index (κ2) is 5.04. The van der Waals surface area contributed by atoms with E-state index in [9.17, 15) is 4.79 Å². The molecule has 1 N–H and O–H groups in total. The minimum absolute atomic E-state index is 0.0741. The maximum Gasteiger partial charge on any atom is 0.355 e. The van der Waals surface area contributed by atoms with E-state index < -0.39 is 5.97 Å². The van der Waals surface area contributed by atoms with Crippen molar-refractivity contribution in [2.75, 3.05) is 0 Å². The molecule has 0 bridgehead atoms. The average Bonchev–Trinajstić information content (AvgIpc) is 2.72. The minimum atomic E-state index is -1.01. The number of aromatic carboxylic acids is 1. The average molecular weight is 288 g/mol. The van der Waals surface area contributed by atoms with Gasteiger partial charge >= 0.3 is 5.97 Å². The largest absolute Gasteiger partial charge is 0.476 e. The maximum atomic E-state index is 10.7. The summed E-state index contributed by atoms with van der Waals surface area (Å²) in [7, 11) is 0. The molecule has 0 fully saturated rings. The SMILES string of the molecule is O=C(O)c1csc(Cc2ccc(Cl)c(Cl)c2)n1. The molecule has 0 spiro atoms. The third-order valence-corrected chi connectivity index (χ3v) is 3.70. The van der Waals surface area contributed by atoms with E-state index in [4.69, 9.17) is 28.3 Å². The molecule has 1 aromatic carbocycles. The van der Waals surface area contributed by atoms with Gasteiger partial charge in [-0.1, -0.05) is 29.3 Å². The molecule has 88 valence electrons. The van der Waals surface area contributed by atoms with Crippen LogP contribution in [0.1, 0.15) is 21.1 Å². The van der Waals surface area contributed by atoms with Gasteiger partial charge < -0.3 is 5.11 Å². The van der Waals surface area contributed by atoms with Crippen molar-refractivity contribution in [2.24, 2.45) is 0 Å². The summed E-state index contributed by atoms with van der Waals surface area (Å²) >= 11 is 13.0. The molecule has 3 nitrogen and oxygen atoms in total. The first-order valence-corrected chi connectivity index (χ1v) is 6.31. The van der Waals surface area contributed by atoms with Crippen molar-refractivity contribution in [1.82, 2.24) is 4.98 Å². The molecule has 0 saturated heterocycles. The Balaban J connectivity index is 2.19. The summed E-state index contributed by atoms with van der Waals surface area (Å²) in [5.74, 6) is -1.01. The van der Waals surface area contributed by atoms with Crippen molar-refractivity contribution >= 4 is 40.5 Å². The molecule has 0 saturated carbocycles. The van der Waals surface area contributed by atoms with E-state index >= 15 is 0 Å². The zero-order valence-electron chi connectivity index (χ0n) is 8.48. The Morgan fingerprint density at radius 2 is 2.12 bits per heavy atom. The molecule has 1 aromatic heterocycles. The van der Waals surface area contributed by atoms with Crippen LogP contribution < -0.4 is 0 Å². The summed E-state index contributed by atoms with van der Waals surface area (Å²) in [5, 5.41) is 12.0. The maximum absolute atomic E-state index is 10.7. The standard InChI is InChI=1S/C11H7Cl2NO2S/c12-7-2-1-6(3-8(7)13)4-10-14-9(5-17-10)11(15)16/h1-3,5H,4H2,(H,15,16).